The summed E-state index contributed by atoms with van der Waals surface area (Å²) in [4.78, 5) is 16.1. The number of thiazole rings is 1. The van der Waals surface area contributed by atoms with Crippen molar-refractivity contribution in [2.24, 2.45) is 5.73 Å². The minimum absolute atomic E-state index is 0.0979. The number of aromatic nitrogens is 1. The van der Waals surface area contributed by atoms with Crippen molar-refractivity contribution in [1.29, 1.82) is 0 Å². The third kappa shape index (κ3) is 3.61. The average molecular weight is 293 g/mol. The number of hydrogen-bond donors (Lipinski definition) is 2. The van der Waals surface area contributed by atoms with Crippen LogP contribution in [-0.4, -0.2) is 23.5 Å². The van der Waals surface area contributed by atoms with Gasteiger partial charge in [-0.2, -0.15) is 0 Å². The van der Waals surface area contributed by atoms with Crippen molar-refractivity contribution < 1.29 is 9.18 Å². The smallest absolute Gasteiger partial charge is 0.271 e. The molecule has 1 amide bonds. The molecular formula is C14H16FN3OS. The van der Waals surface area contributed by atoms with Gasteiger partial charge in [0.1, 0.15) is 11.5 Å². The highest BCUT2D eigenvalue weighted by Crippen LogP contribution is 2.17. The van der Waals surface area contributed by atoms with E-state index in [0.717, 1.165) is 0 Å². The van der Waals surface area contributed by atoms with E-state index in [4.69, 9.17) is 5.73 Å². The molecule has 0 aliphatic rings. The summed E-state index contributed by atoms with van der Waals surface area (Å²) in [6.07, 6.45) is 0.386. The van der Waals surface area contributed by atoms with Crippen LogP contribution in [0.15, 0.2) is 29.6 Å². The number of nitrogens with one attached hydrogen (secondary N) is 1. The van der Waals surface area contributed by atoms with Gasteiger partial charge in [-0.1, -0.05) is 18.2 Å². The molecular weight excluding hydrogens is 277 g/mol. The van der Waals surface area contributed by atoms with Crippen molar-refractivity contribution in [3.63, 3.8) is 0 Å². The SMILES string of the molecule is C[C@@H](CN)NC(=O)c1csc(Cc2ccccc2F)n1. The Morgan fingerprint density at radius 1 is 1.50 bits per heavy atom. The summed E-state index contributed by atoms with van der Waals surface area (Å²) in [5, 5.41) is 5.12. The zero-order valence-corrected chi connectivity index (χ0v) is 11.9. The highest BCUT2D eigenvalue weighted by Gasteiger charge is 2.13. The average Bonchev–Trinajstić information content (AvgIpc) is 2.90. The summed E-state index contributed by atoms with van der Waals surface area (Å²) >= 11 is 1.35. The van der Waals surface area contributed by atoms with Gasteiger partial charge in [-0.15, -0.1) is 11.3 Å². The monoisotopic (exact) mass is 293 g/mol. The molecule has 1 aromatic carbocycles. The lowest BCUT2D eigenvalue weighted by Gasteiger charge is -2.09. The Morgan fingerprint density at radius 3 is 2.95 bits per heavy atom. The molecule has 106 valence electrons. The van der Waals surface area contributed by atoms with E-state index in [2.05, 4.69) is 10.3 Å². The molecule has 0 fully saturated rings. The van der Waals surface area contributed by atoms with Crippen molar-refractivity contribution >= 4 is 17.2 Å². The second-order valence-electron chi connectivity index (χ2n) is 4.50. The number of nitrogens with two attached hydrogens (primary N) is 1. The standard InChI is InChI=1S/C14H16FN3OS/c1-9(7-16)17-14(19)12-8-20-13(18-12)6-10-4-2-3-5-11(10)15/h2-5,8-9H,6-7,16H2,1H3,(H,17,19)/t9-/m0/s1. The zero-order chi connectivity index (χ0) is 14.5. The van der Waals surface area contributed by atoms with Crippen molar-refractivity contribution in [3.05, 3.63) is 51.7 Å². The fourth-order valence-electron chi connectivity index (χ4n) is 1.66. The molecule has 1 atom stereocenters. The lowest BCUT2D eigenvalue weighted by molar-refractivity contribution is 0.0937. The predicted octanol–water partition coefficient (Wildman–Crippen LogP) is 1.95. The number of halogens is 1. The van der Waals surface area contributed by atoms with Gasteiger partial charge in [0, 0.05) is 24.4 Å². The largest absolute Gasteiger partial charge is 0.347 e. The van der Waals surface area contributed by atoms with E-state index in [9.17, 15) is 9.18 Å². The molecule has 2 aromatic rings. The van der Waals surface area contributed by atoms with Crippen LogP contribution in [0, 0.1) is 5.82 Å². The maximum Gasteiger partial charge on any atom is 0.271 e. The Kier molecular flexibility index (Phi) is 4.81. The van der Waals surface area contributed by atoms with E-state index >= 15 is 0 Å². The topological polar surface area (TPSA) is 68.0 Å². The number of carbonyl (C=O) groups excluding carboxylic acids is 1. The third-order valence-corrected chi connectivity index (χ3v) is 3.66. The molecule has 3 N–H and O–H groups in total. The zero-order valence-electron chi connectivity index (χ0n) is 11.1. The van der Waals surface area contributed by atoms with E-state index in [1.807, 2.05) is 6.92 Å². The summed E-state index contributed by atoms with van der Waals surface area (Å²) < 4.78 is 13.5. The predicted molar refractivity (Wildman–Crippen MR) is 77.3 cm³/mol. The molecule has 0 radical (unpaired) electrons. The summed E-state index contributed by atoms with van der Waals surface area (Å²) in [6, 6.07) is 6.46. The van der Waals surface area contributed by atoms with Crippen molar-refractivity contribution in [1.82, 2.24) is 10.3 Å². The van der Waals surface area contributed by atoms with Gasteiger partial charge < -0.3 is 11.1 Å². The number of carbonyl (C=O) groups is 1. The van der Waals surface area contributed by atoms with Crippen molar-refractivity contribution in [2.75, 3.05) is 6.54 Å². The van der Waals surface area contributed by atoms with Crippen molar-refractivity contribution in [2.45, 2.75) is 19.4 Å². The highest BCUT2D eigenvalue weighted by molar-refractivity contribution is 7.09. The Balaban J connectivity index is 2.06. The van der Waals surface area contributed by atoms with Crippen LogP contribution in [0.3, 0.4) is 0 Å². The van der Waals surface area contributed by atoms with Crippen LogP contribution in [0.5, 0.6) is 0 Å². The number of rotatable bonds is 5. The van der Waals surface area contributed by atoms with Crippen LogP contribution in [0.1, 0.15) is 28.0 Å². The normalized spacial score (nSPS) is 12.2. The Hall–Kier alpha value is -1.79. The van der Waals surface area contributed by atoms with Crippen LogP contribution in [-0.2, 0) is 6.42 Å². The third-order valence-electron chi connectivity index (χ3n) is 2.81. The number of amides is 1. The van der Waals surface area contributed by atoms with Crippen LogP contribution in [0.2, 0.25) is 0 Å². The Bertz CT molecular complexity index is 600. The maximum absolute atomic E-state index is 13.5. The molecule has 20 heavy (non-hydrogen) atoms. The van der Waals surface area contributed by atoms with Gasteiger partial charge in [-0.05, 0) is 18.6 Å². The Labute approximate surface area is 120 Å². The lowest BCUT2D eigenvalue weighted by Crippen LogP contribution is -2.37. The van der Waals surface area contributed by atoms with E-state index < -0.39 is 0 Å². The quantitative estimate of drug-likeness (QED) is 0.885. The van der Waals surface area contributed by atoms with Crippen LogP contribution in [0.25, 0.3) is 0 Å². The van der Waals surface area contributed by atoms with Gasteiger partial charge in [0.05, 0.1) is 5.01 Å². The van der Waals surface area contributed by atoms with E-state index in [1.165, 1.54) is 17.4 Å². The van der Waals surface area contributed by atoms with Crippen LogP contribution in [0.4, 0.5) is 4.39 Å². The van der Waals surface area contributed by atoms with E-state index in [-0.39, 0.29) is 17.8 Å². The van der Waals surface area contributed by atoms with Gasteiger partial charge in [0.2, 0.25) is 0 Å². The summed E-state index contributed by atoms with van der Waals surface area (Å²) in [5.41, 5.74) is 6.37. The van der Waals surface area contributed by atoms with Crippen LogP contribution >= 0.6 is 11.3 Å². The number of hydrogen-bond acceptors (Lipinski definition) is 4. The van der Waals surface area contributed by atoms with Gasteiger partial charge in [-0.3, -0.25) is 4.79 Å². The first-order valence-corrected chi connectivity index (χ1v) is 7.17. The Morgan fingerprint density at radius 2 is 2.25 bits per heavy atom. The second kappa shape index (κ2) is 6.58. The van der Waals surface area contributed by atoms with Gasteiger partial charge in [0.25, 0.3) is 5.91 Å². The molecule has 0 saturated carbocycles. The first-order valence-electron chi connectivity index (χ1n) is 6.29. The second-order valence-corrected chi connectivity index (χ2v) is 5.45. The summed E-state index contributed by atoms with van der Waals surface area (Å²) in [7, 11) is 0. The van der Waals surface area contributed by atoms with Gasteiger partial charge in [0.15, 0.2) is 0 Å². The first-order chi connectivity index (χ1) is 9.60. The van der Waals surface area contributed by atoms with Gasteiger partial charge >= 0.3 is 0 Å². The molecule has 0 bridgehead atoms. The number of nitrogens with zero attached hydrogens (tertiary/aromatic N) is 1. The molecule has 6 heteroatoms. The molecule has 4 nitrogen and oxygen atoms in total. The maximum atomic E-state index is 13.5. The van der Waals surface area contributed by atoms with Crippen molar-refractivity contribution in [3.8, 4) is 0 Å². The highest BCUT2D eigenvalue weighted by atomic mass is 32.1. The lowest BCUT2D eigenvalue weighted by atomic mass is 10.1. The minimum Gasteiger partial charge on any atom is -0.347 e. The minimum atomic E-state index is -0.259. The van der Waals surface area contributed by atoms with Gasteiger partial charge in [-0.25, -0.2) is 9.37 Å². The number of benzene rings is 1. The fourth-order valence-corrected chi connectivity index (χ4v) is 2.46. The molecule has 0 unspecified atom stereocenters. The molecule has 1 aromatic heterocycles. The molecule has 0 aliphatic heterocycles. The molecule has 0 aliphatic carbocycles. The molecule has 2 rings (SSSR count). The van der Waals surface area contributed by atoms with E-state index in [1.54, 1.807) is 23.6 Å². The molecule has 1 heterocycles. The van der Waals surface area contributed by atoms with Crippen LogP contribution < -0.4 is 11.1 Å². The first kappa shape index (κ1) is 14.6. The molecule has 0 spiro atoms. The molecule has 0 saturated heterocycles. The van der Waals surface area contributed by atoms with E-state index in [0.29, 0.717) is 29.2 Å². The fraction of sp³-hybridized carbons (Fsp3) is 0.286. The summed E-state index contributed by atoms with van der Waals surface area (Å²) in [5.74, 6) is -0.510. The summed E-state index contributed by atoms with van der Waals surface area (Å²) in [6.45, 7) is 2.20.